The number of carboxylic acids is 1. The summed E-state index contributed by atoms with van der Waals surface area (Å²) in [6, 6.07) is 7.32. The van der Waals surface area contributed by atoms with Gasteiger partial charge in [0.25, 0.3) is 0 Å². The van der Waals surface area contributed by atoms with E-state index in [1.807, 2.05) is 24.3 Å². The van der Waals surface area contributed by atoms with Gasteiger partial charge in [0.2, 0.25) is 17.6 Å². The van der Waals surface area contributed by atoms with Crippen LogP contribution < -0.4 is 10.1 Å². The van der Waals surface area contributed by atoms with Crippen LogP contribution >= 0.6 is 0 Å². The van der Waals surface area contributed by atoms with E-state index in [1.54, 1.807) is 7.11 Å². The number of nitrogens with one attached hydrogen (secondary N) is 1. The van der Waals surface area contributed by atoms with Crippen LogP contribution in [0.3, 0.4) is 0 Å². The van der Waals surface area contributed by atoms with Crippen molar-refractivity contribution < 1.29 is 24.0 Å². The summed E-state index contributed by atoms with van der Waals surface area (Å²) in [6.45, 7) is 0. The SMILES string of the molecule is COc1ccc(-c2noc(CCCC(=O)NC3(C(=O)O)CCCCC3)n2)cc1. The normalized spacial score (nSPS) is 15.8. The number of aryl methyl sites for hydroxylation is 1. The third kappa shape index (κ3) is 4.68. The summed E-state index contributed by atoms with van der Waals surface area (Å²) < 4.78 is 10.4. The quantitative estimate of drug-likeness (QED) is 0.715. The predicted molar refractivity (Wildman–Crippen MR) is 101 cm³/mol. The summed E-state index contributed by atoms with van der Waals surface area (Å²) in [6.07, 6.45) is 4.81. The molecule has 0 saturated heterocycles. The van der Waals surface area contributed by atoms with Gasteiger partial charge in [-0.25, -0.2) is 4.79 Å². The molecule has 8 heteroatoms. The summed E-state index contributed by atoms with van der Waals surface area (Å²) in [4.78, 5) is 28.2. The zero-order valence-corrected chi connectivity index (χ0v) is 15.9. The maximum atomic E-state index is 12.2. The number of carbonyl (C=O) groups excluding carboxylic acids is 1. The average Bonchev–Trinajstić information content (AvgIpc) is 3.17. The van der Waals surface area contributed by atoms with Crippen LogP contribution in [0.5, 0.6) is 5.75 Å². The number of rotatable bonds is 8. The van der Waals surface area contributed by atoms with E-state index in [-0.39, 0.29) is 12.3 Å². The molecule has 0 bridgehead atoms. The maximum Gasteiger partial charge on any atom is 0.329 e. The van der Waals surface area contributed by atoms with Gasteiger partial charge in [0.15, 0.2) is 0 Å². The van der Waals surface area contributed by atoms with Gasteiger partial charge in [-0.2, -0.15) is 4.98 Å². The second-order valence-electron chi connectivity index (χ2n) is 7.09. The van der Waals surface area contributed by atoms with Crippen molar-refractivity contribution in [2.45, 2.75) is 56.9 Å². The zero-order valence-electron chi connectivity index (χ0n) is 15.9. The van der Waals surface area contributed by atoms with Crippen molar-refractivity contribution in [3.05, 3.63) is 30.2 Å². The van der Waals surface area contributed by atoms with E-state index in [2.05, 4.69) is 15.5 Å². The number of carbonyl (C=O) groups is 2. The monoisotopic (exact) mass is 387 g/mol. The van der Waals surface area contributed by atoms with Crippen molar-refractivity contribution in [1.29, 1.82) is 0 Å². The van der Waals surface area contributed by atoms with Gasteiger partial charge in [-0.1, -0.05) is 24.4 Å². The second-order valence-corrected chi connectivity index (χ2v) is 7.09. The van der Waals surface area contributed by atoms with Crippen LogP contribution in [0.1, 0.15) is 50.8 Å². The van der Waals surface area contributed by atoms with Gasteiger partial charge in [-0.3, -0.25) is 4.79 Å². The lowest BCUT2D eigenvalue weighted by Gasteiger charge is -2.34. The number of benzene rings is 1. The Morgan fingerprint density at radius 1 is 1.21 bits per heavy atom. The van der Waals surface area contributed by atoms with E-state index in [0.717, 1.165) is 30.6 Å². The van der Waals surface area contributed by atoms with Crippen molar-refractivity contribution in [1.82, 2.24) is 15.5 Å². The lowest BCUT2D eigenvalue weighted by molar-refractivity contribution is -0.149. The number of ether oxygens (including phenoxy) is 1. The van der Waals surface area contributed by atoms with Crippen LogP contribution in [0.2, 0.25) is 0 Å². The maximum absolute atomic E-state index is 12.2. The molecule has 1 aliphatic carbocycles. The Bertz CT molecular complexity index is 810. The van der Waals surface area contributed by atoms with Crippen LogP contribution in [-0.4, -0.2) is 39.8 Å². The Balaban J connectivity index is 1.50. The first kappa shape index (κ1) is 19.9. The van der Waals surface area contributed by atoms with Gasteiger partial charge in [0.1, 0.15) is 11.3 Å². The summed E-state index contributed by atoms with van der Waals surface area (Å²) >= 11 is 0. The molecular formula is C20H25N3O5. The number of carboxylic acid groups (broad SMARTS) is 1. The predicted octanol–water partition coefficient (Wildman–Crippen LogP) is 2.97. The number of hydrogen-bond donors (Lipinski definition) is 2. The van der Waals surface area contributed by atoms with Crippen molar-refractivity contribution in [2.75, 3.05) is 7.11 Å². The van der Waals surface area contributed by atoms with Crippen LogP contribution in [0.15, 0.2) is 28.8 Å². The Labute approximate surface area is 163 Å². The number of aromatic nitrogens is 2. The third-order valence-electron chi connectivity index (χ3n) is 5.11. The first-order valence-electron chi connectivity index (χ1n) is 9.54. The minimum atomic E-state index is -1.11. The third-order valence-corrected chi connectivity index (χ3v) is 5.11. The topological polar surface area (TPSA) is 115 Å². The molecule has 0 spiro atoms. The highest BCUT2D eigenvalue weighted by Gasteiger charge is 2.40. The van der Waals surface area contributed by atoms with Crippen molar-refractivity contribution in [2.24, 2.45) is 0 Å². The van der Waals surface area contributed by atoms with Gasteiger partial charge >= 0.3 is 5.97 Å². The Kier molecular flexibility index (Phi) is 6.28. The molecule has 1 aromatic heterocycles. The Morgan fingerprint density at radius 2 is 1.93 bits per heavy atom. The molecule has 1 saturated carbocycles. The number of hydrogen-bond acceptors (Lipinski definition) is 6. The largest absolute Gasteiger partial charge is 0.497 e. The minimum Gasteiger partial charge on any atom is -0.497 e. The molecule has 1 aromatic carbocycles. The van der Waals surface area contributed by atoms with E-state index < -0.39 is 11.5 Å². The molecule has 2 N–H and O–H groups in total. The fourth-order valence-electron chi connectivity index (χ4n) is 3.49. The standard InChI is InChI=1S/C20H25N3O5/c1-27-15-10-8-14(9-11-15)18-21-17(28-23-18)7-5-6-16(24)22-20(19(25)26)12-3-2-4-13-20/h8-11H,2-7,12-13H2,1H3,(H,22,24)(H,25,26). The van der Waals surface area contributed by atoms with Gasteiger partial charge in [0.05, 0.1) is 7.11 Å². The molecule has 28 heavy (non-hydrogen) atoms. The van der Waals surface area contributed by atoms with Crippen LogP contribution in [-0.2, 0) is 16.0 Å². The lowest BCUT2D eigenvalue weighted by atomic mass is 9.81. The highest BCUT2D eigenvalue weighted by atomic mass is 16.5. The molecule has 2 aromatic rings. The summed E-state index contributed by atoms with van der Waals surface area (Å²) in [5.74, 6) is 0.481. The summed E-state index contributed by atoms with van der Waals surface area (Å²) in [5.41, 5.74) is -0.296. The molecule has 0 atom stereocenters. The minimum absolute atomic E-state index is 0.218. The second kappa shape index (κ2) is 8.86. The van der Waals surface area contributed by atoms with Gasteiger partial charge < -0.3 is 19.7 Å². The molecule has 1 aliphatic rings. The van der Waals surface area contributed by atoms with Crippen molar-refractivity contribution in [3.8, 4) is 17.1 Å². The Morgan fingerprint density at radius 3 is 2.57 bits per heavy atom. The van der Waals surface area contributed by atoms with E-state index in [1.165, 1.54) is 0 Å². The molecule has 0 aliphatic heterocycles. The van der Waals surface area contributed by atoms with Crippen LogP contribution in [0.4, 0.5) is 0 Å². The van der Waals surface area contributed by atoms with Crippen LogP contribution in [0, 0.1) is 0 Å². The van der Waals surface area contributed by atoms with E-state index >= 15 is 0 Å². The first-order valence-corrected chi connectivity index (χ1v) is 9.54. The fourth-order valence-corrected chi connectivity index (χ4v) is 3.49. The summed E-state index contributed by atoms with van der Waals surface area (Å²) in [5, 5.41) is 16.2. The highest BCUT2D eigenvalue weighted by molar-refractivity contribution is 5.87. The molecule has 0 radical (unpaired) electrons. The molecular weight excluding hydrogens is 362 g/mol. The zero-order chi connectivity index (χ0) is 20.0. The van der Waals surface area contributed by atoms with Crippen LogP contribution in [0.25, 0.3) is 11.4 Å². The highest BCUT2D eigenvalue weighted by Crippen LogP contribution is 2.28. The van der Waals surface area contributed by atoms with Gasteiger partial charge in [0, 0.05) is 18.4 Å². The number of aliphatic carboxylic acids is 1. The molecule has 1 heterocycles. The first-order chi connectivity index (χ1) is 13.5. The smallest absolute Gasteiger partial charge is 0.329 e. The molecule has 3 rings (SSSR count). The van der Waals surface area contributed by atoms with Crippen molar-refractivity contribution in [3.63, 3.8) is 0 Å². The van der Waals surface area contributed by atoms with Gasteiger partial charge in [-0.15, -0.1) is 0 Å². The molecule has 1 amide bonds. The van der Waals surface area contributed by atoms with Crippen molar-refractivity contribution >= 4 is 11.9 Å². The van der Waals surface area contributed by atoms with E-state index in [9.17, 15) is 14.7 Å². The number of nitrogens with zero attached hydrogens (tertiary/aromatic N) is 2. The molecule has 0 unspecified atom stereocenters. The molecule has 1 fully saturated rings. The Hall–Kier alpha value is -2.90. The number of methoxy groups -OCH3 is 1. The van der Waals surface area contributed by atoms with E-state index in [4.69, 9.17) is 9.26 Å². The van der Waals surface area contributed by atoms with Gasteiger partial charge in [-0.05, 0) is 43.5 Å². The number of amides is 1. The van der Waals surface area contributed by atoms with E-state index in [0.29, 0.717) is 37.4 Å². The molecule has 8 nitrogen and oxygen atoms in total. The fraction of sp³-hybridized carbons (Fsp3) is 0.500. The average molecular weight is 387 g/mol. The molecule has 150 valence electrons. The lowest BCUT2D eigenvalue weighted by Crippen LogP contribution is -2.55. The summed E-state index contributed by atoms with van der Waals surface area (Å²) in [7, 11) is 1.60.